The molecule has 1 atom stereocenters. The largest absolute Gasteiger partial charge is 0.493 e. The molecule has 0 bridgehead atoms. The van der Waals surface area contributed by atoms with Crippen molar-refractivity contribution in [2.24, 2.45) is 0 Å². The Labute approximate surface area is 183 Å². The van der Waals surface area contributed by atoms with E-state index < -0.39 is 5.41 Å². The second-order valence-electron chi connectivity index (χ2n) is 7.95. The van der Waals surface area contributed by atoms with Crippen LogP contribution in [0.2, 0.25) is 5.02 Å². The highest BCUT2D eigenvalue weighted by atomic mass is 35.5. The quantitative estimate of drug-likeness (QED) is 0.665. The predicted molar refractivity (Wildman–Crippen MR) is 118 cm³/mol. The van der Waals surface area contributed by atoms with Crippen molar-refractivity contribution in [2.75, 3.05) is 20.3 Å². The molecule has 0 spiro atoms. The molecule has 3 rings (SSSR count). The summed E-state index contributed by atoms with van der Waals surface area (Å²) in [7, 11) is 1.62. The number of rotatable bonds is 7. The molecule has 2 aromatic rings. The van der Waals surface area contributed by atoms with Crippen molar-refractivity contribution in [3.05, 3.63) is 58.6 Å². The number of amides is 1. The molecule has 1 amide bonds. The van der Waals surface area contributed by atoms with Crippen LogP contribution in [0.15, 0.2) is 42.5 Å². The lowest BCUT2D eigenvalue weighted by molar-refractivity contribution is -0.131. The van der Waals surface area contributed by atoms with Crippen molar-refractivity contribution in [3.63, 3.8) is 0 Å². The lowest BCUT2D eigenvalue weighted by Gasteiger charge is -2.37. The molecule has 1 aliphatic rings. The van der Waals surface area contributed by atoms with Crippen LogP contribution in [0.5, 0.6) is 11.5 Å². The van der Waals surface area contributed by atoms with Crippen LogP contribution in [-0.2, 0) is 14.9 Å². The van der Waals surface area contributed by atoms with Crippen molar-refractivity contribution in [2.45, 2.75) is 51.2 Å². The van der Waals surface area contributed by atoms with Crippen molar-refractivity contribution in [1.29, 1.82) is 0 Å². The van der Waals surface area contributed by atoms with Crippen molar-refractivity contribution < 1.29 is 19.0 Å². The molecule has 1 aliphatic heterocycles. The number of ether oxygens (including phenoxy) is 3. The number of nitrogens with one attached hydrogen (secondary N) is 1. The van der Waals surface area contributed by atoms with E-state index >= 15 is 0 Å². The molecule has 0 radical (unpaired) electrons. The van der Waals surface area contributed by atoms with Gasteiger partial charge >= 0.3 is 0 Å². The van der Waals surface area contributed by atoms with Crippen molar-refractivity contribution in [1.82, 2.24) is 5.32 Å². The fraction of sp³-hybridized carbons (Fsp3) is 0.458. The SMILES string of the molecule is COc1cc(C(C)NC(=O)C2(c3ccccc3Cl)CCOCC2)ccc1OC(C)C. The molecule has 30 heavy (non-hydrogen) atoms. The Morgan fingerprint density at radius 3 is 2.43 bits per heavy atom. The Morgan fingerprint density at radius 2 is 1.80 bits per heavy atom. The van der Waals surface area contributed by atoms with Gasteiger partial charge in [-0.25, -0.2) is 0 Å². The minimum Gasteiger partial charge on any atom is -0.493 e. The molecule has 0 saturated carbocycles. The molecule has 162 valence electrons. The van der Waals surface area contributed by atoms with Crippen LogP contribution in [0, 0.1) is 0 Å². The van der Waals surface area contributed by atoms with Gasteiger partial charge in [-0.3, -0.25) is 4.79 Å². The Morgan fingerprint density at radius 1 is 1.10 bits per heavy atom. The fourth-order valence-corrected chi connectivity index (χ4v) is 4.23. The Kier molecular flexibility index (Phi) is 7.27. The Bertz CT molecular complexity index is 877. The van der Waals surface area contributed by atoms with Gasteiger partial charge in [-0.15, -0.1) is 0 Å². The number of hydrogen-bond acceptors (Lipinski definition) is 4. The number of halogens is 1. The van der Waals surface area contributed by atoms with Gasteiger partial charge in [0.15, 0.2) is 11.5 Å². The zero-order valence-corrected chi connectivity index (χ0v) is 18.8. The molecule has 1 fully saturated rings. The molecular weight excluding hydrogens is 402 g/mol. The molecule has 1 unspecified atom stereocenters. The van der Waals surface area contributed by atoms with E-state index in [1.165, 1.54) is 0 Å². The highest BCUT2D eigenvalue weighted by Gasteiger charge is 2.43. The van der Waals surface area contributed by atoms with Crippen LogP contribution in [-0.4, -0.2) is 32.3 Å². The predicted octanol–water partition coefficient (Wildman–Crippen LogP) is 5.06. The smallest absolute Gasteiger partial charge is 0.231 e. The summed E-state index contributed by atoms with van der Waals surface area (Å²) in [6, 6.07) is 13.1. The average molecular weight is 432 g/mol. The van der Waals surface area contributed by atoms with Gasteiger partial charge in [-0.1, -0.05) is 35.9 Å². The summed E-state index contributed by atoms with van der Waals surface area (Å²) in [5.41, 5.74) is 1.10. The third kappa shape index (κ3) is 4.73. The van der Waals surface area contributed by atoms with Crippen LogP contribution in [0.25, 0.3) is 0 Å². The minimum absolute atomic E-state index is 0.0344. The van der Waals surface area contributed by atoms with E-state index in [9.17, 15) is 4.79 Å². The number of carbonyl (C=O) groups excluding carboxylic acids is 1. The monoisotopic (exact) mass is 431 g/mol. The number of hydrogen-bond donors (Lipinski definition) is 1. The standard InChI is InChI=1S/C24H30ClNO4/c1-16(2)30-21-10-9-18(15-22(21)28-4)17(3)26-23(27)24(11-13-29-14-12-24)19-7-5-6-8-20(19)25/h5-10,15-17H,11-14H2,1-4H3,(H,26,27). The maximum Gasteiger partial charge on any atom is 0.231 e. The van der Waals surface area contributed by atoms with E-state index in [2.05, 4.69) is 5.32 Å². The second-order valence-corrected chi connectivity index (χ2v) is 8.35. The van der Waals surface area contributed by atoms with E-state index in [1.54, 1.807) is 7.11 Å². The van der Waals surface area contributed by atoms with Gasteiger partial charge in [0.2, 0.25) is 5.91 Å². The summed E-state index contributed by atoms with van der Waals surface area (Å²) in [5.74, 6) is 1.30. The minimum atomic E-state index is -0.699. The number of benzene rings is 2. The number of methoxy groups -OCH3 is 1. The first kappa shape index (κ1) is 22.4. The summed E-state index contributed by atoms with van der Waals surface area (Å²) in [4.78, 5) is 13.5. The van der Waals surface area contributed by atoms with Gasteiger partial charge in [-0.2, -0.15) is 0 Å². The van der Waals surface area contributed by atoms with E-state index in [0.29, 0.717) is 42.6 Å². The molecule has 1 N–H and O–H groups in total. The van der Waals surface area contributed by atoms with Crippen LogP contribution >= 0.6 is 11.6 Å². The van der Waals surface area contributed by atoms with E-state index in [4.69, 9.17) is 25.8 Å². The first-order valence-electron chi connectivity index (χ1n) is 10.4. The van der Waals surface area contributed by atoms with E-state index in [0.717, 1.165) is 11.1 Å². The van der Waals surface area contributed by atoms with Gasteiger partial charge in [0, 0.05) is 18.2 Å². The van der Waals surface area contributed by atoms with Crippen molar-refractivity contribution >= 4 is 17.5 Å². The van der Waals surface area contributed by atoms with Gasteiger partial charge in [0.25, 0.3) is 0 Å². The molecule has 0 aromatic heterocycles. The maximum absolute atomic E-state index is 13.5. The topological polar surface area (TPSA) is 56.8 Å². The van der Waals surface area contributed by atoms with Crippen LogP contribution in [0.1, 0.15) is 50.8 Å². The van der Waals surface area contributed by atoms with E-state index in [1.807, 2.05) is 63.2 Å². The third-order valence-corrected chi connectivity index (χ3v) is 5.90. The first-order valence-corrected chi connectivity index (χ1v) is 10.7. The first-order chi connectivity index (χ1) is 14.4. The summed E-state index contributed by atoms with van der Waals surface area (Å²) in [5, 5.41) is 3.80. The normalized spacial score (nSPS) is 16.7. The molecule has 5 nitrogen and oxygen atoms in total. The van der Waals surface area contributed by atoms with Crippen LogP contribution in [0.3, 0.4) is 0 Å². The third-order valence-electron chi connectivity index (χ3n) is 5.57. The summed E-state index contributed by atoms with van der Waals surface area (Å²) in [6.45, 7) is 6.97. The molecule has 1 saturated heterocycles. The average Bonchev–Trinajstić information content (AvgIpc) is 2.74. The number of carbonyl (C=O) groups is 1. The highest BCUT2D eigenvalue weighted by Crippen LogP contribution is 2.39. The molecular formula is C24H30ClNO4. The highest BCUT2D eigenvalue weighted by molar-refractivity contribution is 6.31. The molecule has 2 aromatic carbocycles. The zero-order valence-electron chi connectivity index (χ0n) is 18.0. The van der Waals surface area contributed by atoms with E-state index in [-0.39, 0.29) is 18.1 Å². The fourth-order valence-electron chi connectivity index (χ4n) is 3.91. The summed E-state index contributed by atoms with van der Waals surface area (Å²) < 4.78 is 16.8. The zero-order chi connectivity index (χ0) is 21.7. The second kappa shape index (κ2) is 9.71. The lowest BCUT2D eigenvalue weighted by Crippen LogP contribution is -2.48. The van der Waals surface area contributed by atoms with Crippen molar-refractivity contribution in [3.8, 4) is 11.5 Å². The van der Waals surface area contributed by atoms with Gasteiger partial charge in [-0.05, 0) is 62.9 Å². The van der Waals surface area contributed by atoms with Crippen LogP contribution < -0.4 is 14.8 Å². The molecule has 1 heterocycles. The van der Waals surface area contributed by atoms with Gasteiger partial charge in [0.1, 0.15) is 0 Å². The Balaban J connectivity index is 1.85. The summed E-state index contributed by atoms with van der Waals surface area (Å²) in [6.07, 6.45) is 1.24. The maximum atomic E-state index is 13.5. The van der Waals surface area contributed by atoms with Gasteiger partial charge in [0.05, 0.1) is 24.7 Å². The summed E-state index contributed by atoms with van der Waals surface area (Å²) >= 11 is 6.49. The lowest BCUT2D eigenvalue weighted by atomic mass is 9.73. The Hall–Kier alpha value is -2.24. The molecule has 0 aliphatic carbocycles. The van der Waals surface area contributed by atoms with Gasteiger partial charge < -0.3 is 19.5 Å². The molecule has 6 heteroatoms. The van der Waals surface area contributed by atoms with Crippen LogP contribution in [0.4, 0.5) is 0 Å².